The maximum Gasteiger partial charge on any atom is 0.337 e. The van der Waals surface area contributed by atoms with E-state index in [1.54, 1.807) is 24.3 Å². The number of unbranched alkanes of at least 4 members (excludes halogenated alkanes) is 1. The molecule has 0 spiro atoms. The minimum absolute atomic E-state index is 0.0917. The number of nitrogens with zero attached hydrogens (tertiary/aromatic N) is 2. The molecule has 0 atom stereocenters. The number of amides is 2. The van der Waals surface area contributed by atoms with Crippen LogP contribution in [0.1, 0.15) is 30.1 Å². The Morgan fingerprint density at radius 3 is 2.35 bits per heavy atom. The number of carbonyl (C=O) groups is 2. The molecule has 0 unspecified atom stereocenters. The molecular formula is C17H25N3O3. The number of rotatable bonds is 5. The highest BCUT2D eigenvalue weighted by Gasteiger charge is 2.20. The molecule has 126 valence electrons. The summed E-state index contributed by atoms with van der Waals surface area (Å²) in [6.45, 7) is 6.64. The summed E-state index contributed by atoms with van der Waals surface area (Å²) in [5.41, 5.74) is 1.14. The fourth-order valence-electron chi connectivity index (χ4n) is 2.57. The van der Waals surface area contributed by atoms with Crippen molar-refractivity contribution < 1.29 is 14.3 Å². The van der Waals surface area contributed by atoms with Gasteiger partial charge in [0.2, 0.25) is 0 Å². The second-order valence-corrected chi connectivity index (χ2v) is 5.68. The lowest BCUT2D eigenvalue weighted by Crippen LogP contribution is -2.50. The van der Waals surface area contributed by atoms with Gasteiger partial charge in [-0.25, -0.2) is 9.59 Å². The molecule has 1 aromatic rings. The summed E-state index contributed by atoms with van der Waals surface area (Å²) in [4.78, 5) is 27.9. The van der Waals surface area contributed by atoms with Gasteiger partial charge in [0.15, 0.2) is 0 Å². The number of hydrogen-bond acceptors (Lipinski definition) is 4. The Morgan fingerprint density at radius 2 is 1.78 bits per heavy atom. The maximum atomic E-state index is 12.3. The number of anilines is 1. The van der Waals surface area contributed by atoms with Crippen LogP contribution in [0.15, 0.2) is 24.3 Å². The first-order valence-corrected chi connectivity index (χ1v) is 8.10. The fourth-order valence-corrected chi connectivity index (χ4v) is 2.57. The first-order chi connectivity index (χ1) is 11.1. The lowest BCUT2D eigenvalue weighted by Gasteiger charge is -2.34. The molecule has 1 saturated heterocycles. The third-order valence-electron chi connectivity index (χ3n) is 4.04. The quantitative estimate of drug-likeness (QED) is 0.847. The molecule has 2 rings (SSSR count). The van der Waals surface area contributed by atoms with Crippen molar-refractivity contribution in [1.29, 1.82) is 0 Å². The molecule has 23 heavy (non-hydrogen) atoms. The molecule has 0 radical (unpaired) electrons. The molecule has 1 aliphatic rings. The molecule has 1 N–H and O–H groups in total. The van der Waals surface area contributed by atoms with E-state index in [1.807, 2.05) is 4.90 Å². The first kappa shape index (κ1) is 17.3. The Morgan fingerprint density at radius 1 is 1.13 bits per heavy atom. The van der Waals surface area contributed by atoms with Gasteiger partial charge in [-0.05, 0) is 37.2 Å². The normalized spacial score (nSPS) is 15.3. The third-order valence-corrected chi connectivity index (χ3v) is 4.04. The molecule has 6 heteroatoms. The summed E-state index contributed by atoms with van der Waals surface area (Å²) in [7, 11) is 1.35. The van der Waals surface area contributed by atoms with Gasteiger partial charge in [-0.15, -0.1) is 0 Å². The van der Waals surface area contributed by atoms with Gasteiger partial charge in [0, 0.05) is 31.9 Å². The average molecular weight is 319 g/mol. The maximum absolute atomic E-state index is 12.3. The van der Waals surface area contributed by atoms with Gasteiger partial charge < -0.3 is 15.0 Å². The summed E-state index contributed by atoms with van der Waals surface area (Å²) >= 11 is 0. The fraction of sp³-hybridized carbons (Fsp3) is 0.529. The summed E-state index contributed by atoms with van der Waals surface area (Å²) in [5.74, 6) is -0.383. The van der Waals surface area contributed by atoms with Crippen molar-refractivity contribution in [2.75, 3.05) is 45.2 Å². The molecule has 0 aromatic heterocycles. The predicted octanol–water partition coefficient (Wildman–Crippen LogP) is 2.42. The number of urea groups is 1. The zero-order chi connectivity index (χ0) is 16.7. The molecule has 1 fully saturated rings. The standard InChI is InChI=1S/C17H25N3O3/c1-3-4-9-19-10-12-20(13-11-19)17(22)18-15-7-5-14(6-8-15)16(21)23-2/h5-8H,3-4,9-13H2,1-2H3,(H,18,22). The second-order valence-electron chi connectivity index (χ2n) is 5.68. The monoisotopic (exact) mass is 319 g/mol. The lowest BCUT2D eigenvalue weighted by molar-refractivity contribution is 0.0601. The molecule has 0 bridgehead atoms. The second kappa shape index (κ2) is 8.53. The van der Waals surface area contributed by atoms with Crippen LogP contribution in [-0.2, 0) is 4.74 Å². The van der Waals surface area contributed by atoms with E-state index >= 15 is 0 Å². The average Bonchev–Trinajstić information content (AvgIpc) is 2.60. The van der Waals surface area contributed by atoms with Crippen LogP contribution >= 0.6 is 0 Å². The highest BCUT2D eigenvalue weighted by molar-refractivity contribution is 5.92. The minimum atomic E-state index is -0.383. The Labute approximate surface area is 137 Å². The van der Waals surface area contributed by atoms with E-state index in [1.165, 1.54) is 20.0 Å². The summed E-state index contributed by atoms with van der Waals surface area (Å²) in [5, 5.41) is 2.87. The van der Waals surface area contributed by atoms with Gasteiger partial charge in [0.05, 0.1) is 12.7 Å². The number of hydrogen-bond donors (Lipinski definition) is 1. The first-order valence-electron chi connectivity index (χ1n) is 8.10. The van der Waals surface area contributed by atoms with Crippen LogP contribution in [0.4, 0.5) is 10.5 Å². The van der Waals surface area contributed by atoms with Crippen LogP contribution in [0.5, 0.6) is 0 Å². The van der Waals surface area contributed by atoms with Crippen LogP contribution in [0.3, 0.4) is 0 Å². The summed E-state index contributed by atoms with van der Waals surface area (Å²) in [6, 6.07) is 6.61. The van der Waals surface area contributed by atoms with Crippen LogP contribution in [0, 0.1) is 0 Å². The van der Waals surface area contributed by atoms with Gasteiger partial charge in [0.25, 0.3) is 0 Å². The highest BCUT2D eigenvalue weighted by Crippen LogP contribution is 2.12. The summed E-state index contributed by atoms with van der Waals surface area (Å²) < 4.78 is 4.65. The van der Waals surface area contributed by atoms with Gasteiger partial charge in [-0.1, -0.05) is 13.3 Å². The number of piperazine rings is 1. The van der Waals surface area contributed by atoms with Crippen LogP contribution in [0.25, 0.3) is 0 Å². The van der Waals surface area contributed by atoms with Crippen molar-refractivity contribution >= 4 is 17.7 Å². The molecule has 1 aliphatic heterocycles. The topological polar surface area (TPSA) is 61.9 Å². The Hall–Kier alpha value is -2.08. The van der Waals surface area contributed by atoms with E-state index in [0.717, 1.165) is 32.7 Å². The number of ether oxygens (including phenoxy) is 1. The predicted molar refractivity (Wildman–Crippen MR) is 89.7 cm³/mol. The van der Waals surface area contributed by atoms with Crippen molar-refractivity contribution in [2.24, 2.45) is 0 Å². The van der Waals surface area contributed by atoms with E-state index in [4.69, 9.17) is 0 Å². The van der Waals surface area contributed by atoms with Gasteiger partial charge in [-0.2, -0.15) is 0 Å². The van der Waals surface area contributed by atoms with Gasteiger partial charge >= 0.3 is 12.0 Å². The van der Waals surface area contributed by atoms with Crippen molar-refractivity contribution in [2.45, 2.75) is 19.8 Å². The number of methoxy groups -OCH3 is 1. The van der Waals surface area contributed by atoms with E-state index < -0.39 is 0 Å². The Bertz CT molecular complexity index is 522. The lowest BCUT2D eigenvalue weighted by atomic mass is 10.2. The van der Waals surface area contributed by atoms with Gasteiger partial charge in [0.1, 0.15) is 0 Å². The van der Waals surface area contributed by atoms with Gasteiger partial charge in [-0.3, -0.25) is 4.90 Å². The van der Waals surface area contributed by atoms with Crippen LogP contribution < -0.4 is 5.32 Å². The molecule has 2 amide bonds. The molecule has 0 aliphatic carbocycles. The molecule has 6 nitrogen and oxygen atoms in total. The third kappa shape index (κ3) is 4.96. The van der Waals surface area contributed by atoms with E-state index in [0.29, 0.717) is 11.3 Å². The van der Waals surface area contributed by atoms with Crippen molar-refractivity contribution in [3.05, 3.63) is 29.8 Å². The molecular weight excluding hydrogens is 294 g/mol. The Kier molecular flexibility index (Phi) is 6.40. The molecule has 1 heterocycles. The van der Waals surface area contributed by atoms with E-state index in [9.17, 15) is 9.59 Å². The van der Waals surface area contributed by atoms with Crippen molar-refractivity contribution in [1.82, 2.24) is 9.80 Å². The molecule has 0 saturated carbocycles. The van der Waals surface area contributed by atoms with Crippen LogP contribution in [0.2, 0.25) is 0 Å². The Balaban J connectivity index is 1.82. The zero-order valence-electron chi connectivity index (χ0n) is 13.9. The molecule has 1 aromatic carbocycles. The smallest absolute Gasteiger partial charge is 0.337 e. The van der Waals surface area contributed by atoms with E-state index in [2.05, 4.69) is 21.9 Å². The minimum Gasteiger partial charge on any atom is -0.465 e. The van der Waals surface area contributed by atoms with Crippen molar-refractivity contribution in [3.8, 4) is 0 Å². The number of esters is 1. The summed E-state index contributed by atoms with van der Waals surface area (Å²) in [6.07, 6.45) is 2.40. The zero-order valence-corrected chi connectivity index (χ0v) is 13.9. The number of nitrogens with one attached hydrogen (secondary N) is 1. The SMILES string of the molecule is CCCCN1CCN(C(=O)Nc2ccc(C(=O)OC)cc2)CC1. The van der Waals surface area contributed by atoms with Crippen LogP contribution in [-0.4, -0.2) is 61.6 Å². The van der Waals surface area contributed by atoms with Crippen molar-refractivity contribution in [3.63, 3.8) is 0 Å². The largest absolute Gasteiger partial charge is 0.465 e. The van der Waals surface area contributed by atoms with E-state index in [-0.39, 0.29) is 12.0 Å². The number of benzene rings is 1. The number of carbonyl (C=O) groups excluding carboxylic acids is 2. The highest BCUT2D eigenvalue weighted by atomic mass is 16.5.